The molecule has 5 heteroatoms. The summed E-state index contributed by atoms with van der Waals surface area (Å²) in [4.78, 5) is 11.0. The lowest BCUT2D eigenvalue weighted by atomic mass is 10.2. The lowest BCUT2D eigenvalue weighted by Crippen LogP contribution is -2.11. The Bertz CT molecular complexity index is 445. The van der Waals surface area contributed by atoms with Crippen molar-refractivity contribution in [2.24, 2.45) is 5.73 Å². The first-order chi connectivity index (χ1) is 10.7. The van der Waals surface area contributed by atoms with Crippen molar-refractivity contribution in [3.05, 3.63) is 41.6 Å². The van der Waals surface area contributed by atoms with Crippen LogP contribution in [0.2, 0.25) is 0 Å². The molecule has 0 radical (unpaired) electrons. The molecule has 0 heterocycles. The summed E-state index contributed by atoms with van der Waals surface area (Å²) in [5.41, 5.74) is 6.86. The minimum Gasteiger partial charge on any atom is -0.489 e. The first-order valence-corrected chi connectivity index (χ1v) is 7.40. The number of rotatable bonds is 7. The molecule has 0 saturated carbocycles. The van der Waals surface area contributed by atoms with E-state index < -0.39 is 5.91 Å². The van der Waals surface area contributed by atoms with Gasteiger partial charge in [0.05, 0.1) is 0 Å². The number of primary amides is 1. The largest absolute Gasteiger partial charge is 0.489 e. The molecule has 0 aliphatic heterocycles. The van der Waals surface area contributed by atoms with Crippen LogP contribution in [0.5, 0.6) is 5.75 Å². The summed E-state index contributed by atoms with van der Waals surface area (Å²) in [5, 5.41) is 8.50. The number of ether oxygens (including phenoxy) is 1. The molecular weight excluding hydrogens is 278 g/mol. The SMILES string of the molecule is C=N.CC.CCC/C(=C\NC)COc1cccc(C(N)=O)c1. The summed E-state index contributed by atoms with van der Waals surface area (Å²) in [6.07, 6.45) is 4.00. The van der Waals surface area contributed by atoms with Crippen molar-refractivity contribution in [1.29, 1.82) is 5.41 Å². The highest BCUT2D eigenvalue weighted by Gasteiger charge is 2.03. The molecule has 0 atom stereocenters. The summed E-state index contributed by atoms with van der Waals surface area (Å²) >= 11 is 0. The molecule has 0 aliphatic carbocycles. The van der Waals surface area contributed by atoms with Gasteiger partial charge in [0.1, 0.15) is 12.4 Å². The summed E-state index contributed by atoms with van der Waals surface area (Å²) in [6.45, 7) is 9.13. The number of carbonyl (C=O) groups is 1. The Labute approximate surface area is 134 Å². The average Bonchev–Trinajstić information content (AvgIpc) is 2.57. The van der Waals surface area contributed by atoms with Gasteiger partial charge >= 0.3 is 0 Å². The van der Waals surface area contributed by atoms with Crippen molar-refractivity contribution in [2.75, 3.05) is 13.7 Å². The van der Waals surface area contributed by atoms with E-state index in [1.165, 1.54) is 5.57 Å². The Morgan fingerprint density at radius 2 is 2.05 bits per heavy atom. The first kappa shape index (κ1) is 22.0. The number of benzene rings is 1. The third kappa shape index (κ3) is 9.58. The standard InChI is InChI=1S/C14H20N2O2.C2H6.CH3N/c1-3-5-11(9-16-2)10-18-13-7-4-6-12(8-13)14(15)17;2*1-2/h4,6-9,16H,3,5,10H2,1-2H3,(H2,15,17);1-2H3;2H,1H2/b11-9+;;. The molecule has 5 nitrogen and oxygen atoms in total. The minimum atomic E-state index is -0.444. The molecule has 0 spiro atoms. The van der Waals surface area contributed by atoms with Gasteiger partial charge in [-0.2, -0.15) is 0 Å². The van der Waals surface area contributed by atoms with E-state index in [0.717, 1.165) is 12.8 Å². The van der Waals surface area contributed by atoms with E-state index in [4.69, 9.17) is 15.9 Å². The van der Waals surface area contributed by atoms with Crippen LogP contribution in [-0.4, -0.2) is 26.3 Å². The molecule has 1 aromatic rings. The van der Waals surface area contributed by atoms with Crippen molar-refractivity contribution in [1.82, 2.24) is 5.32 Å². The van der Waals surface area contributed by atoms with E-state index >= 15 is 0 Å². The van der Waals surface area contributed by atoms with Crippen LogP contribution < -0.4 is 15.8 Å². The quantitative estimate of drug-likeness (QED) is 0.675. The second-order valence-electron chi connectivity index (χ2n) is 4.02. The normalized spacial score (nSPS) is 9.55. The minimum absolute atomic E-state index is 0.444. The van der Waals surface area contributed by atoms with Crippen molar-refractivity contribution >= 4 is 12.6 Å². The summed E-state index contributed by atoms with van der Waals surface area (Å²) in [5.74, 6) is 0.212. The summed E-state index contributed by atoms with van der Waals surface area (Å²) in [7, 11) is 1.86. The zero-order valence-corrected chi connectivity index (χ0v) is 14.1. The third-order valence-corrected chi connectivity index (χ3v) is 2.46. The van der Waals surface area contributed by atoms with E-state index in [2.05, 4.69) is 19.0 Å². The van der Waals surface area contributed by atoms with Gasteiger partial charge in [0.25, 0.3) is 0 Å². The Balaban J connectivity index is 0. The van der Waals surface area contributed by atoms with E-state index in [0.29, 0.717) is 17.9 Å². The molecule has 0 unspecified atom stereocenters. The number of carbonyl (C=O) groups excluding carboxylic acids is 1. The van der Waals surface area contributed by atoms with Crippen LogP contribution in [0.1, 0.15) is 44.0 Å². The molecular formula is C17H29N3O2. The number of hydrogen-bond acceptors (Lipinski definition) is 4. The smallest absolute Gasteiger partial charge is 0.248 e. The predicted molar refractivity (Wildman–Crippen MR) is 93.7 cm³/mol. The zero-order valence-electron chi connectivity index (χ0n) is 14.1. The molecule has 1 rings (SSSR count). The molecule has 0 fully saturated rings. The Hall–Kier alpha value is -2.30. The maximum atomic E-state index is 11.0. The topological polar surface area (TPSA) is 88.2 Å². The molecule has 22 heavy (non-hydrogen) atoms. The summed E-state index contributed by atoms with van der Waals surface area (Å²) < 4.78 is 5.65. The average molecular weight is 307 g/mol. The fraction of sp³-hybridized carbons (Fsp3) is 0.412. The molecule has 0 saturated heterocycles. The fourth-order valence-corrected chi connectivity index (χ4v) is 1.63. The van der Waals surface area contributed by atoms with E-state index in [-0.39, 0.29) is 0 Å². The van der Waals surface area contributed by atoms with E-state index in [9.17, 15) is 4.79 Å². The highest BCUT2D eigenvalue weighted by atomic mass is 16.5. The molecule has 124 valence electrons. The van der Waals surface area contributed by atoms with Gasteiger partial charge in [0.15, 0.2) is 0 Å². The number of nitrogens with one attached hydrogen (secondary N) is 2. The molecule has 4 N–H and O–H groups in total. The van der Waals surface area contributed by atoms with Crippen LogP contribution in [0.25, 0.3) is 0 Å². The van der Waals surface area contributed by atoms with Crippen molar-refractivity contribution in [2.45, 2.75) is 33.6 Å². The van der Waals surface area contributed by atoms with Crippen LogP contribution >= 0.6 is 0 Å². The maximum Gasteiger partial charge on any atom is 0.248 e. The number of hydrogen-bond donors (Lipinski definition) is 3. The monoisotopic (exact) mass is 307 g/mol. The fourth-order valence-electron chi connectivity index (χ4n) is 1.63. The number of amides is 1. The van der Waals surface area contributed by atoms with Crippen LogP contribution in [0, 0.1) is 5.41 Å². The first-order valence-electron chi connectivity index (χ1n) is 7.40. The van der Waals surface area contributed by atoms with Gasteiger partial charge in [-0.25, -0.2) is 0 Å². The number of nitrogens with two attached hydrogens (primary N) is 1. The van der Waals surface area contributed by atoms with Crippen LogP contribution in [0.4, 0.5) is 0 Å². The van der Waals surface area contributed by atoms with Gasteiger partial charge in [0, 0.05) is 12.6 Å². The van der Waals surface area contributed by atoms with Crippen LogP contribution in [0.15, 0.2) is 36.0 Å². The van der Waals surface area contributed by atoms with Crippen LogP contribution in [0.3, 0.4) is 0 Å². The highest BCUT2D eigenvalue weighted by molar-refractivity contribution is 5.93. The molecule has 0 bridgehead atoms. The Morgan fingerprint density at radius 3 is 2.55 bits per heavy atom. The van der Waals surface area contributed by atoms with E-state index in [1.807, 2.05) is 33.2 Å². The maximum absolute atomic E-state index is 11.0. The third-order valence-electron chi connectivity index (χ3n) is 2.46. The highest BCUT2D eigenvalue weighted by Crippen LogP contribution is 2.15. The molecule has 1 amide bonds. The second-order valence-corrected chi connectivity index (χ2v) is 4.02. The van der Waals surface area contributed by atoms with Gasteiger partial charge < -0.3 is 21.2 Å². The van der Waals surface area contributed by atoms with Crippen molar-refractivity contribution in [3.63, 3.8) is 0 Å². The Morgan fingerprint density at radius 1 is 1.41 bits per heavy atom. The zero-order chi connectivity index (χ0) is 17.4. The predicted octanol–water partition coefficient (Wildman–Crippen LogP) is 3.36. The van der Waals surface area contributed by atoms with Crippen molar-refractivity contribution in [3.8, 4) is 5.75 Å². The lowest BCUT2D eigenvalue weighted by molar-refractivity contribution is 0.1000. The van der Waals surface area contributed by atoms with Crippen molar-refractivity contribution < 1.29 is 9.53 Å². The second kappa shape index (κ2) is 15.1. The van der Waals surface area contributed by atoms with Gasteiger partial charge in [0.2, 0.25) is 5.91 Å². The molecule has 1 aromatic carbocycles. The lowest BCUT2D eigenvalue weighted by Gasteiger charge is -2.10. The summed E-state index contributed by atoms with van der Waals surface area (Å²) in [6, 6.07) is 6.91. The Kier molecular flexibility index (Phi) is 15.1. The molecule has 0 aliphatic rings. The van der Waals surface area contributed by atoms with Gasteiger partial charge in [-0.1, -0.05) is 33.3 Å². The van der Waals surface area contributed by atoms with Gasteiger partial charge in [-0.3, -0.25) is 4.79 Å². The van der Waals surface area contributed by atoms with Gasteiger partial charge in [-0.05, 0) is 43.1 Å². The molecule has 0 aromatic heterocycles. The van der Waals surface area contributed by atoms with Crippen LogP contribution in [-0.2, 0) is 0 Å². The van der Waals surface area contributed by atoms with E-state index in [1.54, 1.807) is 18.2 Å². The van der Waals surface area contributed by atoms with Gasteiger partial charge in [-0.15, -0.1) is 0 Å².